The van der Waals surface area contributed by atoms with Crippen molar-refractivity contribution in [1.29, 1.82) is 0 Å². The van der Waals surface area contributed by atoms with Crippen molar-refractivity contribution in [2.75, 3.05) is 6.61 Å². The van der Waals surface area contributed by atoms with E-state index in [4.69, 9.17) is 28.4 Å². The Morgan fingerprint density at radius 3 is 1.97 bits per heavy atom. The van der Waals surface area contributed by atoms with Gasteiger partial charge in [0.1, 0.15) is 29.7 Å². The van der Waals surface area contributed by atoms with E-state index in [2.05, 4.69) is 5.32 Å². The predicted octanol–water partition coefficient (Wildman–Crippen LogP) is 3.28. The number of amides is 1. The number of rotatable bonds is 11. The van der Waals surface area contributed by atoms with Gasteiger partial charge in [0.2, 0.25) is 6.10 Å². The first-order valence-electron chi connectivity index (χ1n) is 20.1. The third-order valence-corrected chi connectivity index (χ3v) is 12.6. The van der Waals surface area contributed by atoms with E-state index in [0.717, 1.165) is 20.8 Å². The first kappa shape index (κ1) is 43.8. The van der Waals surface area contributed by atoms with Crippen molar-refractivity contribution >= 4 is 41.5 Å². The second-order valence-corrected chi connectivity index (χ2v) is 16.3. The van der Waals surface area contributed by atoms with Crippen molar-refractivity contribution in [3.05, 3.63) is 119 Å². The minimum absolute atomic E-state index is 0.0113. The molecule has 1 amide bonds. The minimum Gasteiger partial charge on any atom is -0.457 e. The first-order valence-corrected chi connectivity index (χ1v) is 20.1. The van der Waals surface area contributed by atoms with E-state index in [1.165, 1.54) is 26.0 Å². The summed E-state index contributed by atoms with van der Waals surface area (Å²) >= 11 is 0. The maximum absolute atomic E-state index is 14.8. The molecule has 3 fully saturated rings. The van der Waals surface area contributed by atoms with Gasteiger partial charge in [-0.05, 0) is 56.2 Å². The van der Waals surface area contributed by atoms with Gasteiger partial charge in [0.05, 0.1) is 35.6 Å². The highest BCUT2D eigenvalue weighted by Crippen LogP contribution is 2.62. The minimum atomic E-state index is -2.24. The van der Waals surface area contributed by atoms with E-state index in [1.54, 1.807) is 78.9 Å². The van der Waals surface area contributed by atoms with Crippen LogP contribution in [0, 0.1) is 11.3 Å². The number of aliphatic hydroxyl groups is 2. The van der Waals surface area contributed by atoms with Gasteiger partial charge in [0, 0.05) is 37.8 Å². The van der Waals surface area contributed by atoms with Gasteiger partial charge in [-0.3, -0.25) is 19.2 Å². The molecule has 0 spiro atoms. The number of nitrogens with one attached hydrogen (secondary N) is 1. The summed E-state index contributed by atoms with van der Waals surface area (Å²) in [5.41, 5.74) is -5.70. The Morgan fingerprint density at radius 1 is 0.823 bits per heavy atom. The Labute approximate surface area is 356 Å². The van der Waals surface area contributed by atoms with Crippen LogP contribution in [0.15, 0.2) is 102 Å². The molecule has 11 atom stereocenters. The first-order chi connectivity index (χ1) is 29.4. The molecule has 1 saturated carbocycles. The van der Waals surface area contributed by atoms with Crippen LogP contribution in [0.3, 0.4) is 0 Å². The van der Waals surface area contributed by atoms with Crippen molar-refractivity contribution in [3.63, 3.8) is 0 Å². The van der Waals surface area contributed by atoms with Gasteiger partial charge >= 0.3 is 29.8 Å². The lowest BCUT2D eigenvalue weighted by molar-refractivity contribution is -0.352. The number of ketones is 1. The second-order valence-electron chi connectivity index (χ2n) is 16.3. The molecule has 4 aliphatic rings. The van der Waals surface area contributed by atoms with Crippen molar-refractivity contribution in [3.8, 4) is 0 Å². The summed E-state index contributed by atoms with van der Waals surface area (Å²) in [5.74, 6) is -8.11. The van der Waals surface area contributed by atoms with Gasteiger partial charge in [-0.25, -0.2) is 14.4 Å². The van der Waals surface area contributed by atoms with E-state index in [9.17, 15) is 43.8 Å². The number of carbonyl (C=O) groups excluding carboxylic acids is 7. The number of Topliss-reactive ketones (excluding diaryl/α,β-unsaturated/α-hetero) is 1. The summed E-state index contributed by atoms with van der Waals surface area (Å²) in [6.45, 7) is 5.76. The topological polar surface area (TPSA) is 227 Å². The normalized spacial score (nSPS) is 30.8. The predicted molar refractivity (Wildman–Crippen MR) is 213 cm³/mol. The molecule has 7 rings (SSSR count). The highest BCUT2D eigenvalue weighted by Gasteiger charge is 2.77. The lowest BCUT2D eigenvalue weighted by atomic mass is 9.53. The van der Waals surface area contributed by atoms with E-state index in [0.29, 0.717) is 5.56 Å². The average Bonchev–Trinajstić information content (AvgIpc) is 3.53. The molecule has 3 aromatic carbocycles. The molecule has 62 heavy (non-hydrogen) atoms. The molecule has 16 nitrogen and oxygen atoms in total. The lowest BCUT2D eigenvalue weighted by Gasteiger charge is -2.64. The Hall–Kier alpha value is -6.23. The van der Waals surface area contributed by atoms with Gasteiger partial charge in [-0.15, -0.1) is 0 Å². The Balaban J connectivity index is 1.38. The number of fused-ring (bicyclic) bond motifs is 4. The molecular formula is C46H47NO15. The van der Waals surface area contributed by atoms with Crippen molar-refractivity contribution < 1.29 is 72.2 Å². The molecule has 2 aliphatic heterocycles. The van der Waals surface area contributed by atoms with Crippen LogP contribution in [0.4, 0.5) is 0 Å². The van der Waals surface area contributed by atoms with Crippen LogP contribution < -0.4 is 5.32 Å². The molecule has 2 saturated heterocycles. The molecule has 1 unspecified atom stereocenters. The molecule has 0 radical (unpaired) electrons. The van der Waals surface area contributed by atoms with Gasteiger partial charge in [-0.1, -0.05) is 66.7 Å². The molecule has 0 aromatic heterocycles. The largest absolute Gasteiger partial charge is 0.457 e. The Kier molecular flexibility index (Phi) is 12.0. The molecule has 326 valence electrons. The summed E-state index contributed by atoms with van der Waals surface area (Å²) < 4.78 is 36.1. The standard InChI is InChI=1S/C46H47NO15/c1-24-31(59-42(55)36(52)35(28-15-9-6-10-16-28)47-40(53)29-17-11-7-12-18-29)22-45(25(2)48)34(24)37(58-26(3)49)43(56)62-44(5)32(51)21-33-46(23-57-33,61-27(4)50)38(44)39(45)60-41(54)30-19-13-8-14-20-30/h6-20,31-33,35-39,51-52H,21-23H2,1-5H3,(H,47,53)/t31-,32-,33+,35-,36+,37+,38?,39-,44+,45-,46-/m0/s1. The second kappa shape index (κ2) is 16.9. The molecule has 2 aliphatic carbocycles. The van der Waals surface area contributed by atoms with Gasteiger partial charge in [0.25, 0.3) is 5.91 Å². The van der Waals surface area contributed by atoms with Crippen LogP contribution in [-0.4, -0.2) is 106 Å². The molecule has 16 heteroatoms. The molecule has 3 aromatic rings. The lowest BCUT2D eigenvalue weighted by Crippen LogP contribution is -2.81. The van der Waals surface area contributed by atoms with Gasteiger partial charge in [-0.2, -0.15) is 0 Å². The number of benzene rings is 3. The number of aliphatic hydroxyl groups excluding tert-OH is 2. The Morgan fingerprint density at radius 2 is 1.42 bits per heavy atom. The van der Waals surface area contributed by atoms with Crippen molar-refractivity contribution in [2.45, 2.75) is 101 Å². The SMILES string of the molecule is CC(=O)O[C@H]1C(=O)O[C@@]2(C)C([C@H](OC(=O)c3ccccc3)[C@]3(C(C)=O)C[C@H](OC(=O)[C@H](O)[C@@H](NC(=O)c4ccccc4)c4ccccc4)C(C)=C13)[C@]1(OC(C)=O)CO[C@@H]1C[C@@H]2O. The number of ether oxygens (including phenoxy) is 6. The molecule has 2 heterocycles. The zero-order chi connectivity index (χ0) is 44.7. The van der Waals surface area contributed by atoms with Crippen molar-refractivity contribution in [2.24, 2.45) is 11.3 Å². The van der Waals surface area contributed by atoms with E-state index in [1.807, 2.05) is 0 Å². The number of hydrogen-bond donors (Lipinski definition) is 3. The maximum atomic E-state index is 14.8. The fourth-order valence-corrected chi connectivity index (χ4v) is 9.66. The maximum Gasteiger partial charge on any atom is 0.352 e. The zero-order valence-electron chi connectivity index (χ0n) is 34.6. The number of carbonyl (C=O) groups is 7. The summed E-state index contributed by atoms with van der Waals surface area (Å²) in [4.78, 5) is 97.1. The van der Waals surface area contributed by atoms with E-state index < -0.39 is 113 Å². The number of esters is 5. The molecular weight excluding hydrogens is 806 g/mol. The third-order valence-electron chi connectivity index (χ3n) is 12.6. The van der Waals surface area contributed by atoms with Gasteiger partial charge in [0.15, 0.2) is 11.7 Å². The average molecular weight is 854 g/mol. The molecule has 0 bridgehead atoms. The molecule has 3 N–H and O–H groups in total. The number of hydrogen-bond acceptors (Lipinski definition) is 15. The smallest absolute Gasteiger partial charge is 0.352 e. The summed E-state index contributed by atoms with van der Waals surface area (Å²) in [7, 11) is 0. The zero-order valence-corrected chi connectivity index (χ0v) is 34.6. The quantitative estimate of drug-likeness (QED) is 0.143. The fraction of sp³-hybridized carbons (Fsp3) is 0.413. The Bertz CT molecular complexity index is 2300. The van der Waals surface area contributed by atoms with E-state index in [-0.39, 0.29) is 35.3 Å². The van der Waals surface area contributed by atoms with Crippen LogP contribution in [0.2, 0.25) is 0 Å². The highest BCUT2D eigenvalue weighted by molar-refractivity contribution is 5.96. The van der Waals surface area contributed by atoms with Gasteiger partial charge < -0.3 is 44.0 Å². The highest BCUT2D eigenvalue weighted by atomic mass is 16.6. The summed E-state index contributed by atoms with van der Waals surface area (Å²) in [6.07, 6.45) is -10.8. The fourth-order valence-electron chi connectivity index (χ4n) is 9.66. The summed E-state index contributed by atoms with van der Waals surface area (Å²) in [5, 5.41) is 26.3. The monoisotopic (exact) mass is 853 g/mol. The van der Waals surface area contributed by atoms with Crippen LogP contribution in [-0.2, 0) is 52.4 Å². The van der Waals surface area contributed by atoms with Crippen LogP contribution in [0.25, 0.3) is 0 Å². The van der Waals surface area contributed by atoms with E-state index >= 15 is 0 Å². The van der Waals surface area contributed by atoms with Crippen molar-refractivity contribution in [1.82, 2.24) is 5.32 Å². The van der Waals surface area contributed by atoms with Crippen LogP contribution in [0.1, 0.15) is 79.8 Å². The summed E-state index contributed by atoms with van der Waals surface area (Å²) in [6, 6.07) is 22.7. The van der Waals surface area contributed by atoms with Crippen LogP contribution in [0.5, 0.6) is 0 Å². The third kappa shape index (κ3) is 7.56. The van der Waals surface area contributed by atoms with Crippen LogP contribution >= 0.6 is 0 Å².